The summed E-state index contributed by atoms with van der Waals surface area (Å²) in [4.78, 5) is 46.0. The number of alkyl halides is 2. The Morgan fingerprint density at radius 2 is 1.83 bits per heavy atom. The monoisotopic (exact) mass is 604 g/mol. The van der Waals surface area contributed by atoms with E-state index in [0.717, 1.165) is 38.6 Å². The third-order valence-corrected chi connectivity index (χ3v) is 8.79. The molecule has 42 heavy (non-hydrogen) atoms. The van der Waals surface area contributed by atoms with Crippen LogP contribution in [0.25, 0.3) is 10.4 Å². The molecule has 1 saturated carbocycles. The quantitative estimate of drug-likeness (QED) is 0.417. The molecular formula is C31H42F2N4O4S. The van der Waals surface area contributed by atoms with Crippen LogP contribution in [0.5, 0.6) is 0 Å². The first-order chi connectivity index (χ1) is 19.4. The standard InChI is InChI=1S/C31H42F2N4O4S/c1-17-24(42-16-35-17)18-8-9-19(20(12-18)13-29(2,3)4)14-34-26(39)23-22(32)21(38)15-37(23)27(40)25(30(5,6)7)36-28(41)31(33)10-11-31/h8-9,12,16,21-23,25,38H,10-11,13-15H2,1-7H3,(H,34,39)(H,36,41)/t21-,22-,23-,25+/m0/s1. The van der Waals surface area contributed by atoms with Crippen molar-refractivity contribution in [2.24, 2.45) is 10.8 Å². The summed E-state index contributed by atoms with van der Waals surface area (Å²) in [6, 6.07) is 3.18. The largest absolute Gasteiger partial charge is 0.388 e. The molecule has 0 radical (unpaired) electrons. The fourth-order valence-electron chi connectivity index (χ4n) is 5.26. The molecule has 11 heteroatoms. The molecule has 3 amide bonds. The number of aliphatic hydroxyl groups is 1. The van der Waals surface area contributed by atoms with Crippen molar-refractivity contribution < 1.29 is 28.3 Å². The third kappa shape index (κ3) is 6.99. The lowest BCUT2D eigenvalue weighted by Crippen LogP contribution is -2.59. The predicted octanol–water partition coefficient (Wildman–Crippen LogP) is 4.27. The SMILES string of the molecule is Cc1ncsc1-c1ccc(CNC(=O)[C@@H]2[C@@H](F)[C@@H](O)CN2C(=O)[C@@H](NC(=O)C2(F)CC2)C(C)(C)C)c(CC(C)(C)C)c1. The van der Waals surface area contributed by atoms with Crippen LogP contribution in [0.3, 0.4) is 0 Å². The van der Waals surface area contributed by atoms with Crippen molar-refractivity contribution >= 4 is 29.1 Å². The summed E-state index contributed by atoms with van der Waals surface area (Å²) in [5, 5.41) is 15.6. The molecule has 230 valence electrons. The van der Waals surface area contributed by atoms with E-state index < -0.39 is 59.7 Å². The van der Waals surface area contributed by atoms with E-state index in [-0.39, 0.29) is 24.8 Å². The number of benzene rings is 1. The maximum absolute atomic E-state index is 15.3. The number of likely N-dealkylation sites (tertiary alicyclic amines) is 1. The molecule has 1 aromatic heterocycles. The Morgan fingerprint density at radius 3 is 2.38 bits per heavy atom. The first kappa shape index (κ1) is 32.0. The highest BCUT2D eigenvalue weighted by molar-refractivity contribution is 7.13. The number of aryl methyl sites for hydroxylation is 1. The van der Waals surface area contributed by atoms with Crippen LogP contribution < -0.4 is 10.6 Å². The van der Waals surface area contributed by atoms with Gasteiger partial charge in [-0.15, -0.1) is 11.3 Å². The van der Waals surface area contributed by atoms with E-state index in [1.807, 2.05) is 19.1 Å². The number of thiazole rings is 1. The summed E-state index contributed by atoms with van der Waals surface area (Å²) in [6.07, 6.45) is -2.72. The lowest BCUT2D eigenvalue weighted by molar-refractivity contribution is -0.145. The topological polar surface area (TPSA) is 112 Å². The molecule has 1 aliphatic carbocycles. The highest BCUT2D eigenvalue weighted by Gasteiger charge is 2.54. The summed E-state index contributed by atoms with van der Waals surface area (Å²) < 4.78 is 29.7. The van der Waals surface area contributed by atoms with E-state index in [2.05, 4.69) is 42.5 Å². The van der Waals surface area contributed by atoms with Crippen molar-refractivity contribution in [3.63, 3.8) is 0 Å². The van der Waals surface area contributed by atoms with Gasteiger partial charge in [0.15, 0.2) is 11.8 Å². The van der Waals surface area contributed by atoms with Gasteiger partial charge in [0.25, 0.3) is 5.91 Å². The summed E-state index contributed by atoms with van der Waals surface area (Å²) in [5.41, 5.74) is 2.73. The Hall–Kier alpha value is -2.92. The van der Waals surface area contributed by atoms with Crippen LogP contribution in [0.1, 0.15) is 71.2 Å². The third-order valence-electron chi connectivity index (χ3n) is 7.81. The van der Waals surface area contributed by atoms with Crippen LogP contribution in [0.15, 0.2) is 23.7 Å². The lowest BCUT2D eigenvalue weighted by Gasteiger charge is -2.35. The van der Waals surface area contributed by atoms with Crippen molar-refractivity contribution in [2.75, 3.05) is 6.54 Å². The van der Waals surface area contributed by atoms with Crippen LogP contribution in [0.4, 0.5) is 8.78 Å². The first-order valence-electron chi connectivity index (χ1n) is 14.3. The Labute approximate surface area is 250 Å². The van der Waals surface area contributed by atoms with Crippen LogP contribution in [0.2, 0.25) is 0 Å². The zero-order chi connectivity index (χ0) is 31.2. The highest BCUT2D eigenvalue weighted by Crippen LogP contribution is 2.40. The minimum Gasteiger partial charge on any atom is -0.388 e. The highest BCUT2D eigenvalue weighted by atomic mass is 32.1. The summed E-state index contributed by atoms with van der Waals surface area (Å²) in [7, 11) is 0. The van der Waals surface area contributed by atoms with Gasteiger partial charge >= 0.3 is 0 Å². The lowest BCUT2D eigenvalue weighted by atomic mass is 9.85. The zero-order valence-electron chi connectivity index (χ0n) is 25.4. The average molecular weight is 605 g/mol. The zero-order valence-corrected chi connectivity index (χ0v) is 26.2. The first-order valence-corrected chi connectivity index (χ1v) is 15.2. The Balaban J connectivity index is 1.55. The van der Waals surface area contributed by atoms with Gasteiger partial charge in [-0.3, -0.25) is 14.4 Å². The molecule has 1 aliphatic heterocycles. The van der Waals surface area contributed by atoms with E-state index >= 15 is 4.39 Å². The predicted molar refractivity (Wildman–Crippen MR) is 158 cm³/mol. The van der Waals surface area contributed by atoms with Gasteiger partial charge in [-0.1, -0.05) is 53.7 Å². The molecule has 0 spiro atoms. The maximum Gasteiger partial charge on any atom is 0.258 e. The molecule has 0 unspecified atom stereocenters. The normalized spacial score (nSPS) is 22.5. The number of nitrogens with one attached hydrogen (secondary N) is 2. The van der Waals surface area contributed by atoms with E-state index in [0.29, 0.717) is 0 Å². The molecule has 2 aromatic rings. The maximum atomic E-state index is 15.3. The van der Waals surface area contributed by atoms with Gasteiger partial charge in [-0.25, -0.2) is 13.8 Å². The molecule has 4 rings (SSSR count). The minimum atomic E-state index is -2.02. The van der Waals surface area contributed by atoms with Gasteiger partial charge in [0.05, 0.1) is 22.6 Å². The van der Waals surface area contributed by atoms with Gasteiger partial charge in [0.2, 0.25) is 11.8 Å². The number of aromatic nitrogens is 1. The van der Waals surface area contributed by atoms with Crippen molar-refractivity contribution in [1.29, 1.82) is 0 Å². The summed E-state index contributed by atoms with van der Waals surface area (Å²) in [6.45, 7) is 13.1. The van der Waals surface area contributed by atoms with Crippen molar-refractivity contribution in [1.82, 2.24) is 20.5 Å². The molecule has 0 bridgehead atoms. The molecule has 4 atom stereocenters. The second-order valence-corrected chi connectivity index (χ2v) is 14.7. The van der Waals surface area contributed by atoms with Crippen LogP contribution in [0, 0.1) is 17.8 Å². The van der Waals surface area contributed by atoms with Gasteiger partial charge < -0.3 is 20.6 Å². The minimum absolute atomic E-state index is 0.0476. The van der Waals surface area contributed by atoms with E-state index in [1.54, 1.807) is 37.6 Å². The number of rotatable bonds is 8. The smallest absolute Gasteiger partial charge is 0.258 e. The number of nitrogens with zero attached hydrogens (tertiary/aromatic N) is 2. The fraction of sp³-hybridized carbons (Fsp3) is 0.613. The number of halogens is 2. The fourth-order valence-corrected chi connectivity index (χ4v) is 6.07. The molecule has 1 aromatic carbocycles. The van der Waals surface area contributed by atoms with E-state index in [9.17, 15) is 23.9 Å². The second-order valence-electron chi connectivity index (χ2n) is 13.9. The Bertz CT molecular complexity index is 1350. The van der Waals surface area contributed by atoms with Crippen molar-refractivity contribution in [3.8, 4) is 10.4 Å². The summed E-state index contributed by atoms with van der Waals surface area (Å²) >= 11 is 1.56. The molecule has 8 nitrogen and oxygen atoms in total. The van der Waals surface area contributed by atoms with E-state index in [4.69, 9.17) is 0 Å². The molecule has 3 N–H and O–H groups in total. The second kappa shape index (κ2) is 11.6. The molecule has 2 heterocycles. The van der Waals surface area contributed by atoms with Gasteiger partial charge in [0, 0.05) is 6.54 Å². The number of aliphatic hydroxyl groups excluding tert-OH is 1. The molecule has 2 aliphatic rings. The van der Waals surface area contributed by atoms with Crippen molar-refractivity contribution in [2.45, 2.75) is 104 Å². The molecular weight excluding hydrogens is 562 g/mol. The summed E-state index contributed by atoms with van der Waals surface area (Å²) in [5.74, 6) is -2.38. The van der Waals surface area contributed by atoms with Crippen molar-refractivity contribution in [3.05, 3.63) is 40.5 Å². The van der Waals surface area contributed by atoms with Gasteiger partial charge in [-0.2, -0.15) is 0 Å². The average Bonchev–Trinajstić information content (AvgIpc) is 3.37. The Kier molecular flexibility index (Phi) is 8.87. The molecule has 1 saturated heterocycles. The van der Waals surface area contributed by atoms with Crippen LogP contribution in [-0.4, -0.2) is 69.3 Å². The van der Waals surface area contributed by atoms with Crippen LogP contribution >= 0.6 is 11.3 Å². The number of carbonyl (C=O) groups excluding carboxylic acids is 3. The van der Waals surface area contributed by atoms with E-state index in [1.165, 1.54) is 0 Å². The number of amides is 3. The number of hydrogen-bond donors (Lipinski definition) is 3. The van der Waals surface area contributed by atoms with Gasteiger partial charge in [0.1, 0.15) is 18.2 Å². The van der Waals surface area contributed by atoms with Gasteiger partial charge in [-0.05, 0) is 59.8 Å². The number of carbonyl (C=O) groups is 3. The Morgan fingerprint density at radius 1 is 1.17 bits per heavy atom. The molecule has 2 fully saturated rings. The number of hydrogen-bond acceptors (Lipinski definition) is 6. The van der Waals surface area contributed by atoms with Crippen LogP contribution in [-0.2, 0) is 27.3 Å². The number of β-amino-alcohol motifs (C(OH)–C–C–N with tert-alkyl or cyclic N) is 1.